The summed E-state index contributed by atoms with van der Waals surface area (Å²) in [5, 5.41) is 0. The molecule has 0 spiro atoms. The molecule has 0 fully saturated rings. The molecule has 0 saturated carbocycles. The van der Waals surface area contributed by atoms with Crippen molar-refractivity contribution in [2.45, 2.75) is 12.7 Å². The van der Waals surface area contributed by atoms with E-state index in [1.807, 2.05) is 37.3 Å². The average molecular weight is 256 g/mol. The van der Waals surface area contributed by atoms with Gasteiger partial charge in [-0.1, -0.05) is 37.3 Å². The molecule has 0 saturated heterocycles. The highest BCUT2D eigenvalue weighted by molar-refractivity contribution is 7.88. The number of sulfonamides is 1. The standard InChI is InChI=1S/C12H20N2O2S/c1-11(8-13)9-14(2)17(15,16)10-12-6-4-3-5-7-12/h3-7,11H,8-10,13H2,1-2H3. The van der Waals surface area contributed by atoms with Crippen LogP contribution in [0.2, 0.25) is 0 Å². The molecule has 4 nitrogen and oxygen atoms in total. The average Bonchev–Trinajstić information content (AvgIpc) is 2.29. The Kier molecular flexibility index (Phi) is 5.11. The lowest BCUT2D eigenvalue weighted by atomic mass is 10.2. The molecule has 0 aliphatic heterocycles. The van der Waals surface area contributed by atoms with E-state index in [2.05, 4.69) is 0 Å². The predicted octanol–water partition coefficient (Wildman–Crippen LogP) is 1.04. The van der Waals surface area contributed by atoms with Crippen LogP contribution in [0.4, 0.5) is 0 Å². The summed E-state index contributed by atoms with van der Waals surface area (Å²) in [7, 11) is -1.64. The van der Waals surface area contributed by atoms with Crippen LogP contribution in [0.1, 0.15) is 12.5 Å². The van der Waals surface area contributed by atoms with Crippen molar-refractivity contribution in [2.75, 3.05) is 20.1 Å². The van der Waals surface area contributed by atoms with E-state index in [1.165, 1.54) is 4.31 Å². The highest BCUT2D eigenvalue weighted by Gasteiger charge is 2.19. The number of nitrogens with two attached hydrogens (primary N) is 1. The zero-order valence-corrected chi connectivity index (χ0v) is 11.2. The minimum absolute atomic E-state index is 0.0433. The Hall–Kier alpha value is -0.910. The van der Waals surface area contributed by atoms with Crippen LogP contribution in [0.5, 0.6) is 0 Å². The topological polar surface area (TPSA) is 63.4 Å². The molecule has 1 aromatic rings. The van der Waals surface area contributed by atoms with Crippen molar-refractivity contribution < 1.29 is 8.42 Å². The van der Waals surface area contributed by atoms with Crippen LogP contribution in [0, 0.1) is 5.92 Å². The van der Waals surface area contributed by atoms with Gasteiger partial charge in [0.2, 0.25) is 10.0 Å². The lowest BCUT2D eigenvalue weighted by Crippen LogP contribution is -2.34. The van der Waals surface area contributed by atoms with Crippen LogP contribution < -0.4 is 5.73 Å². The fourth-order valence-corrected chi connectivity index (χ4v) is 2.84. The molecule has 0 heterocycles. The Balaban J connectivity index is 2.69. The van der Waals surface area contributed by atoms with E-state index in [0.717, 1.165) is 5.56 Å². The van der Waals surface area contributed by atoms with Gasteiger partial charge in [-0.05, 0) is 18.0 Å². The first-order chi connectivity index (χ1) is 7.95. The highest BCUT2D eigenvalue weighted by Crippen LogP contribution is 2.10. The number of hydrogen-bond donors (Lipinski definition) is 1. The largest absolute Gasteiger partial charge is 0.330 e. The van der Waals surface area contributed by atoms with Crippen LogP contribution in [-0.4, -0.2) is 32.9 Å². The first kappa shape index (κ1) is 14.2. The molecule has 2 N–H and O–H groups in total. The second kappa shape index (κ2) is 6.14. The molecular formula is C12H20N2O2S. The molecule has 1 aromatic carbocycles. The van der Waals surface area contributed by atoms with E-state index in [9.17, 15) is 8.42 Å². The molecule has 17 heavy (non-hydrogen) atoms. The predicted molar refractivity (Wildman–Crippen MR) is 69.9 cm³/mol. The summed E-state index contributed by atoms with van der Waals surface area (Å²) in [6.45, 7) is 2.89. The van der Waals surface area contributed by atoms with Crippen LogP contribution in [-0.2, 0) is 15.8 Å². The molecule has 1 atom stereocenters. The summed E-state index contributed by atoms with van der Waals surface area (Å²) in [5.41, 5.74) is 6.30. The van der Waals surface area contributed by atoms with E-state index < -0.39 is 10.0 Å². The summed E-state index contributed by atoms with van der Waals surface area (Å²) in [5.74, 6) is 0.215. The van der Waals surface area contributed by atoms with Gasteiger partial charge in [0.25, 0.3) is 0 Å². The van der Waals surface area contributed by atoms with E-state index in [-0.39, 0.29) is 11.7 Å². The van der Waals surface area contributed by atoms with E-state index in [4.69, 9.17) is 5.73 Å². The van der Waals surface area contributed by atoms with Crippen LogP contribution >= 0.6 is 0 Å². The Morgan fingerprint density at radius 2 is 1.88 bits per heavy atom. The third-order valence-electron chi connectivity index (χ3n) is 2.64. The lowest BCUT2D eigenvalue weighted by molar-refractivity contribution is 0.404. The molecule has 96 valence electrons. The van der Waals surface area contributed by atoms with Crippen molar-refractivity contribution in [1.82, 2.24) is 4.31 Å². The number of hydrogen-bond acceptors (Lipinski definition) is 3. The zero-order valence-electron chi connectivity index (χ0n) is 10.3. The second-order valence-electron chi connectivity index (χ2n) is 4.36. The van der Waals surface area contributed by atoms with Gasteiger partial charge in [-0.25, -0.2) is 12.7 Å². The minimum Gasteiger partial charge on any atom is -0.330 e. The molecule has 1 rings (SSSR count). The first-order valence-electron chi connectivity index (χ1n) is 5.63. The van der Waals surface area contributed by atoms with E-state index in [0.29, 0.717) is 13.1 Å². The van der Waals surface area contributed by atoms with Crippen molar-refractivity contribution in [2.24, 2.45) is 11.7 Å². The Morgan fingerprint density at radius 1 is 1.29 bits per heavy atom. The summed E-state index contributed by atoms with van der Waals surface area (Å²) in [6.07, 6.45) is 0. The number of nitrogens with zero attached hydrogens (tertiary/aromatic N) is 1. The number of rotatable bonds is 6. The quantitative estimate of drug-likeness (QED) is 0.827. The van der Waals surface area contributed by atoms with Gasteiger partial charge in [0.1, 0.15) is 0 Å². The Morgan fingerprint density at radius 3 is 2.41 bits per heavy atom. The van der Waals surface area contributed by atoms with Gasteiger partial charge in [0, 0.05) is 13.6 Å². The Bertz CT molecular complexity index is 431. The second-order valence-corrected chi connectivity index (χ2v) is 6.44. The smallest absolute Gasteiger partial charge is 0.218 e. The van der Waals surface area contributed by atoms with Crippen molar-refractivity contribution in [1.29, 1.82) is 0 Å². The molecule has 5 heteroatoms. The van der Waals surface area contributed by atoms with Crippen molar-refractivity contribution in [3.05, 3.63) is 35.9 Å². The highest BCUT2D eigenvalue weighted by atomic mass is 32.2. The molecule has 0 bridgehead atoms. The normalized spacial score (nSPS) is 13.9. The fraction of sp³-hybridized carbons (Fsp3) is 0.500. The minimum atomic E-state index is -3.24. The fourth-order valence-electron chi connectivity index (χ4n) is 1.52. The van der Waals surface area contributed by atoms with Gasteiger partial charge in [0.15, 0.2) is 0 Å². The van der Waals surface area contributed by atoms with Crippen molar-refractivity contribution >= 4 is 10.0 Å². The monoisotopic (exact) mass is 256 g/mol. The zero-order chi connectivity index (χ0) is 12.9. The van der Waals surface area contributed by atoms with E-state index in [1.54, 1.807) is 7.05 Å². The maximum atomic E-state index is 12.0. The molecular weight excluding hydrogens is 236 g/mol. The van der Waals surface area contributed by atoms with Gasteiger partial charge >= 0.3 is 0 Å². The summed E-state index contributed by atoms with van der Waals surface area (Å²) < 4.78 is 25.5. The van der Waals surface area contributed by atoms with Gasteiger partial charge in [-0.3, -0.25) is 0 Å². The van der Waals surface area contributed by atoms with Gasteiger partial charge in [-0.2, -0.15) is 0 Å². The van der Waals surface area contributed by atoms with Crippen LogP contribution in [0.15, 0.2) is 30.3 Å². The third-order valence-corrected chi connectivity index (χ3v) is 4.43. The first-order valence-corrected chi connectivity index (χ1v) is 7.24. The summed E-state index contributed by atoms with van der Waals surface area (Å²) in [4.78, 5) is 0. The molecule has 0 radical (unpaired) electrons. The molecule has 0 aromatic heterocycles. The summed E-state index contributed by atoms with van der Waals surface area (Å²) in [6, 6.07) is 9.19. The number of benzene rings is 1. The third kappa shape index (κ3) is 4.46. The van der Waals surface area contributed by atoms with Gasteiger partial charge in [-0.15, -0.1) is 0 Å². The summed E-state index contributed by atoms with van der Waals surface area (Å²) >= 11 is 0. The molecule has 1 unspecified atom stereocenters. The maximum absolute atomic E-state index is 12.0. The maximum Gasteiger partial charge on any atom is 0.218 e. The molecule has 0 aliphatic rings. The van der Waals surface area contributed by atoms with Crippen LogP contribution in [0.25, 0.3) is 0 Å². The van der Waals surface area contributed by atoms with Crippen molar-refractivity contribution in [3.8, 4) is 0 Å². The lowest BCUT2D eigenvalue weighted by Gasteiger charge is -2.20. The van der Waals surface area contributed by atoms with Gasteiger partial charge < -0.3 is 5.73 Å². The van der Waals surface area contributed by atoms with E-state index >= 15 is 0 Å². The SMILES string of the molecule is CC(CN)CN(C)S(=O)(=O)Cc1ccccc1. The molecule has 0 amide bonds. The van der Waals surface area contributed by atoms with Crippen LogP contribution in [0.3, 0.4) is 0 Å². The van der Waals surface area contributed by atoms with Crippen molar-refractivity contribution in [3.63, 3.8) is 0 Å². The Labute approximate surface area is 103 Å². The molecule has 0 aliphatic carbocycles. The van der Waals surface area contributed by atoms with Gasteiger partial charge in [0.05, 0.1) is 5.75 Å².